The van der Waals surface area contributed by atoms with E-state index in [-0.39, 0.29) is 19.1 Å². The van der Waals surface area contributed by atoms with Crippen molar-refractivity contribution in [2.75, 3.05) is 6.61 Å². The van der Waals surface area contributed by atoms with Crippen LogP contribution in [0, 0.1) is 0 Å². The molecule has 1 aliphatic heterocycles. The van der Waals surface area contributed by atoms with Crippen LogP contribution in [0.2, 0.25) is 0 Å². The molecule has 3 aromatic carbocycles. The molecule has 1 saturated heterocycles. The average molecular weight is 534 g/mol. The highest BCUT2D eigenvalue weighted by Gasteiger charge is 2.49. The van der Waals surface area contributed by atoms with E-state index in [9.17, 15) is 9.59 Å². The van der Waals surface area contributed by atoms with Gasteiger partial charge >= 0.3 is 5.97 Å². The molecule has 39 heavy (non-hydrogen) atoms. The third-order valence-corrected chi connectivity index (χ3v) is 6.26. The summed E-state index contributed by atoms with van der Waals surface area (Å²) < 4.78 is 30.7. The van der Waals surface area contributed by atoms with Crippen LogP contribution in [0.15, 0.2) is 91.0 Å². The van der Waals surface area contributed by atoms with Gasteiger partial charge in [-0.1, -0.05) is 91.0 Å². The molecule has 1 aliphatic rings. The minimum Gasteiger partial charge on any atom is -0.434 e. The summed E-state index contributed by atoms with van der Waals surface area (Å²) in [6, 6.07) is 28.5. The Labute approximate surface area is 229 Å². The maximum atomic E-state index is 12.2. The van der Waals surface area contributed by atoms with Gasteiger partial charge in [-0.15, -0.1) is 0 Å². The van der Waals surface area contributed by atoms with Crippen molar-refractivity contribution in [2.24, 2.45) is 0 Å². The number of esters is 1. The van der Waals surface area contributed by atoms with Crippen molar-refractivity contribution >= 4 is 11.9 Å². The van der Waals surface area contributed by atoms with E-state index in [0.29, 0.717) is 13.2 Å². The lowest BCUT2D eigenvalue weighted by Gasteiger charge is -2.45. The predicted octanol–water partition coefficient (Wildman–Crippen LogP) is 4.17. The summed E-state index contributed by atoms with van der Waals surface area (Å²) >= 11 is 0. The van der Waals surface area contributed by atoms with Crippen molar-refractivity contribution in [3.8, 4) is 0 Å². The summed E-state index contributed by atoms with van der Waals surface area (Å²) in [4.78, 5) is 24.2. The maximum absolute atomic E-state index is 12.2. The molecule has 206 valence electrons. The lowest BCUT2D eigenvalue weighted by Crippen LogP contribution is -2.66. The molecule has 1 N–H and O–H groups in total. The first-order chi connectivity index (χ1) is 19.0. The lowest BCUT2D eigenvalue weighted by molar-refractivity contribution is -0.283. The van der Waals surface area contributed by atoms with Gasteiger partial charge in [0, 0.05) is 13.8 Å². The molecule has 2 unspecified atom stereocenters. The molecule has 0 radical (unpaired) electrons. The fraction of sp³-hybridized carbons (Fsp3) is 0.355. The van der Waals surface area contributed by atoms with Crippen molar-refractivity contribution in [3.05, 3.63) is 108 Å². The Kier molecular flexibility index (Phi) is 10.6. The van der Waals surface area contributed by atoms with Crippen LogP contribution in [0.3, 0.4) is 0 Å². The number of benzene rings is 3. The molecular formula is C31H35NO7. The molecule has 8 heteroatoms. The minimum atomic E-state index is -1.09. The van der Waals surface area contributed by atoms with E-state index in [4.69, 9.17) is 23.7 Å². The molecule has 1 heterocycles. The van der Waals surface area contributed by atoms with Gasteiger partial charge in [-0.2, -0.15) is 0 Å². The Hall–Kier alpha value is -3.56. The van der Waals surface area contributed by atoms with Crippen molar-refractivity contribution < 1.29 is 33.3 Å². The second-order valence-electron chi connectivity index (χ2n) is 9.40. The fourth-order valence-electron chi connectivity index (χ4n) is 4.49. The number of amides is 1. The van der Waals surface area contributed by atoms with Gasteiger partial charge in [0.1, 0.15) is 24.4 Å². The molecule has 0 bridgehead atoms. The van der Waals surface area contributed by atoms with E-state index in [1.54, 1.807) is 0 Å². The molecule has 1 amide bonds. The summed E-state index contributed by atoms with van der Waals surface area (Å²) in [5, 5.41) is 2.87. The molecule has 5 atom stereocenters. The Morgan fingerprint density at radius 1 is 0.718 bits per heavy atom. The summed E-state index contributed by atoms with van der Waals surface area (Å²) in [6.07, 6.45) is -3.09. The third kappa shape index (κ3) is 8.73. The quantitative estimate of drug-likeness (QED) is 0.350. The van der Waals surface area contributed by atoms with Gasteiger partial charge in [0.15, 0.2) is 0 Å². The van der Waals surface area contributed by atoms with Crippen LogP contribution in [-0.2, 0) is 53.1 Å². The van der Waals surface area contributed by atoms with Crippen molar-refractivity contribution in [3.63, 3.8) is 0 Å². The van der Waals surface area contributed by atoms with Crippen molar-refractivity contribution in [1.29, 1.82) is 0 Å². The smallest absolute Gasteiger partial charge is 0.305 e. The monoisotopic (exact) mass is 533 g/mol. The Morgan fingerprint density at radius 2 is 1.21 bits per heavy atom. The van der Waals surface area contributed by atoms with Gasteiger partial charge < -0.3 is 29.0 Å². The van der Waals surface area contributed by atoms with Crippen LogP contribution >= 0.6 is 0 Å². The number of hydrogen-bond acceptors (Lipinski definition) is 7. The second-order valence-corrected chi connectivity index (χ2v) is 9.40. The molecule has 0 spiro atoms. The Bertz CT molecular complexity index is 1160. The zero-order valence-electron chi connectivity index (χ0n) is 22.2. The molecule has 3 aromatic rings. The highest BCUT2D eigenvalue weighted by atomic mass is 16.7. The van der Waals surface area contributed by atoms with Gasteiger partial charge in [-0.05, 0) is 16.7 Å². The first-order valence-corrected chi connectivity index (χ1v) is 13.0. The molecule has 0 aromatic heterocycles. The maximum Gasteiger partial charge on any atom is 0.305 e. The number of nitrogens with one attached hydrogen (secondary N) is 1. The largest absolute Gasteiger partial charge is 0.434 e. The number of ether oxygens (including phenoxy) is 5. The average Bonchev–Trinajstić information content (AvgIpc) is 2.94. The van der Waals surface area contributed by atoms with Gasteiger partial charge in [0.05, 0.1) is 26.4 Å². The normalized spacial score (nSPS) is 22.7. The fourth-order valence-corrected chi connectivity index (χ4v) is 4.49. The molecule has 4 rings (SSSR count). The zero-order chi connectivity index (χ0) is 27.5. The minimum absolute atomic E-state index is 0.157. The van der Waals surface area contributed by atoms with Crippen LogP contribution in [0.5, 0.6) is 0 Å². The van der Waals surface area contributed by atoms with Crippen LogP contribution in [0.4, 0.5) is 0 Å². The summed E-state index contributed by atoms with van der Waals surface area (Å²) in [5.41, 5.74) is 2.94. The van der Waals surface area contributed by atoms with Gasteiger partial charge in [0.25, 0.3) is 0 Å². The van der Waals surface area contributed by atoms with E-state index in [0.717, 1.165) is 16.7 Å². The first kappa shape index (κ1) is 28.4. The molecule has 0 aliphatic carbocycles. The van der Waals surface area contributed by atoms with E-state index in [2.05, 4.69) is 5.32 Å². The Morgan fingerprint density at radius 3 is 1.69 bits per heavy atom. The van der Waals surface area contributed by atoms with E-state index >= 15 is 0 Å². The van der Waals surface area contributed by atoms with Crippen LogP contribution < -0.4 is 5.32 Å². The molecule has 8 nitrogen and oxygen atoms in total. The highest BCUT2D eigenvalue weighted by Crippen LogP contribution is 2.29. The second kappa shape index (κ2) is 14.6. The van der Waals surface area contributed by atoms with Crippen LogP contribution in [0.1, 0.15) is 30.5 Å². The lowest BCUT2D eigenvalue weighted by atomic mass is 9.95. The molecular weight excluding hydrogens is 498 g/mol. The van der Waals surface area contributed by atoms with Crippen LogP contribution in [0.25, 0.3) is 0 Å². The standard InChI is InChI=1S/C31H35NO7/c1-22(33)32-28-30(37-20-26-16-10-5-11-17-26)29(36-19-25-14-8-4-9-15-25)27(39-31(28)38-23(2)34)21-35-18-24-12-6-3-7-13-24/h3-17,27-31H,18-21H2,1-2H3,(H,32,33)/t27?,28?,29-,30+,31+/m0/s1. The van der Waals surface area contributed by atoms with E-state index in [1.807, 2.05) is 91.0 Å². The first-order valence-electron chi connectivity index (χ1n) is 13.0. The Balaban J connectivity index is 1.60. The van der Waals surface area contributed by atoms with E-state index < -0.39 is 36.6 Å². The number of carbonyl (C=O) groups excluding carboxylic acids is 2. The highest BCUT2D eigenvalue weighted by molar-refractivity contribution is 5.73. The topological polar surface area (TPSA) is 92.3 Å². The zero-order valence-corrected chi connectivity index (χ0v) is 22.2. The third-order valence-electron chi connectivity index (χ3n) is 6.26. The summed E-state index contributed by atoms with van der Waals surface area (Å²) in [6.45, 7) is 3.78. The SMILES string of the molecule is CC(=O)NC1[C@H](OC(C)=O)OC(COCc2ccccc2)[C@H](OCc2ccccc2)[C@@H]1OCc1ccccc1. The van der Waals surface area contributed by atoms with E-state index in [1.165, 1.54) is 13.8 Å². The van der Waals surface area contributed by atoms with Crippen molar-refractivity contribution in [1.82, 2.24) is 5.32 Å². The van der Waals surface area contributed by atoms with Crippen LogP contribution in [-0.4, -0.2) is 49.1 Å². The number of carbonyl (C=O) groups is 2. The summed E-state index contributed by atoms with van der Waals surface area (Å²) in [5.74, 6) is -0.848. The molecule has 0 saturated carbocycles. The molecule has 1 fully saturated rings. The van der Waals surface area contributed by atoms with Gasteiger partial charge in [-0.3, -0.25) is 9.59 Å². The predicted molar refractivity (Wildman–Crippen MR) is 144 cm³/mol. The number of rotatable bonds is 12. The number of hydrogen-bond donors (Lipinski definition) is 1. The van der Waals surface area contributed by atoms with Gasteiger partial charge in [-0.25, -0.2) is 0 Å². The van der Waals surface area contributed by atoms with Crippen molar-refractivity contribution in [2.45, 2.75) is 64.3 Å². The van der Waals surface area contributed by atoms with Gasteiger partial charge in [0.2, 0.25) is 12.2 Å². The summed E-state index contributed by atoms with van der Waals surface area (Å²) in [7, 11) is 0.